The van der Waals surface area contributed by atoms with Gasteiger partial charge in [0.05, 0.1) is 11.9 Å². The van der Waals surface area contributed by atoms with Gasteiger partial charge in [0.1, 0.15) is 5.82 Å². The van der Waals surface area contributed by atoms with Crippen LogP contribution in [-0.2, 0) is 10.0 Å². The van der Waals surface area contributed by atoms with Gasteiger partial charge in [0.15, 0.2) is 0 Å². The summed E-state index contributed by atoms with van der Waals surface area (Å²) < 4.78 is 39.9. The first-order chi connectivity index (χ1) is 9.94. The van der Waals surface area contributed by atoms with Crippen LogP contribution in [0.15, 0.2) is 59.0 Å². The van der Waals surface area contributed by atoms with E-state index >= 15 is 0 Å². The maximum Gasteiger partial charge on any atom is 0.253 e. The van der Waals surface area contributed by atoms with Crippen molar-refractivity contribution in [3.63, 3.8) is 0 Å². The Morgan fingerprint density at radius 1 is 1.00 bits per heavy atom. The zero-order chi connectivity index (χ0) is 15.3. The summed E-state index contributed by atoms with van der Waals surface area (Å²) in [6, 6.07) is 14.8. The molecule has 0 aliphatic heterocycles. The van der Waals surface area contributed by atoms with E-state index in [-0.39, 0.29) is 11.6 Å². The fraction of sp³-hybridized carbons (Fsp3) is 0.0714. The van der Waals surface area contributed by atoms with Crippen LogP contribution in [0.3, 0.4) is 0 Å². The Morgan fingerprint density at radius 2 is 1.62 bits per heavy atom. The molecule has 0 saturated heterocycles. The zero-order valence-corrected chi connectivity index (χ0v) is 12.1. The van der Waals surface area contributed by atoms with Gasteiger partial charge in [-0.15, -0.1) is 4.40 Å². The Bertz CT molecular complexity index is 746. The average molecular weight is 307 g/mol. The highest BCUT2D eigenvalue weighted by Gasteiger charge is 2.08. The zero-order valence-electron chi connectivity index (χ0n) is 11.2. The first-order valence-electron chi connectivity index (χ1n) is 6.07. The summed E-state index contributed by atoms with van der Waals surface area (Å²) in [7, 11) is -3.64. The Labute approximate surface area is 122 Å². The lowest BCUT2D eigenvalue weighted by Gasteiger charge is -2.12. The molecule has 7 heteroatoms. The molecule has 0 heterocycles. The van der Waals surface area contributed by atoms with Crippen molar-refractivity contribution in [2.45, 2.75) is 0 Å². The van der Waals surface area contributed by atoms with Gasteiger partial charge in [-0.05, 0) is 24.3 Å². The van der Waals surface area contributed by atoms with Crippen LogP contribution in [0.1, 0.15) is 0 Å². The highest BCUT2D eigenvalue weighted by molar-refractivity contribution is 7.89. The molecular weight excluding hydrogens is 293 g/mol. The fourth-order valence-corrected chi connectivity index (χ4v) is 2.01. The van der Waals surface area contributed by atoms with Crippen molar-refractivity contribution in [3.8, 4) is 0 Å². The Morgan fingerprint density at radius 3 is 2.24 bits per heavy atom. The number of nitrogens with zero attached hydrogens (tertiary/aromatic N) is 1. The number of guanidine groups is 1. The Balaban J connectivity index is 2.30. The molecule has 0 bridgehead atoms. The summed E-state index contributed by atoms with van der Waals surface area (Å²) in [4.78, 5) is 0. The second-order valence-corrected chi connectivity index (χ2v) is 5.92. The number of sulfonamides is 1. The molecule has 0 saturated carbocycles. The van der Waals surface area contributed by atoms with Crippen LogP contribution in [0.25, 0.3) is 0 Å². The predicted octanol–water partition coefficient (Wildman–Crippen LogP) is 2.67. The molecule has 0 unspecified atom stereocenters. The molecule has 0 amide bonds. The minimum atomic E-state index is -3.64. The maximum atomic E-state index is 13.6. The SMILES string of the molecule is CS(=O)(=O)/N=C(/Nc1ccccc1)Nc1ccccc1F. The van der Waals surface area contributed by atoms with Gasteiger partial charge in [0, 0.05) is 5.69 Å². The van der Waals surface area contributed by atoms with Gasteiger partial charge in [0.25, 0.3) is 10.0 Å². The van der Waals surface area contributed by atoms with Crippen LogP contribution in [0.5, 0.6) is 0 Å². The first-order valence-corrected chi connectivity index (χ1v) is 7.92. The normalized spacial score (nSPS) is 12.0. The van der Waals surface area contributed by atoms with Crippen LogP contribution >= 0.6 is 0 Å². The van der Waals surface area contributed by atoms with Crippen molar-refractivity contribution in [1.82, 2.24) is 0 Å². The average Bonchev–Trinajstić information content (AvgIpc) is 2.41. The van der Waals surface area contributed by atoms with Gasteiger partial charge in [0.2, 0.25) is 5.96 Å². The number of halogens is 1. The lowest BCUT2D eigenvalue weighted by atomic mass is 10.3. The number of benzene rings is 2. The quantitative estimate of drug-likeness (QED) is 0.675. The van der Waals surface area contributed by atoms with Crippen LogP contribution in [0.4, 0.5) is 15.8 Å². The molecule has 2 aromatic carbocycles. The number of anilines is 2. The van der Waals surface area contributed by atoms with E-state index in [4.69, 9.17) is 0 Å². The minimum Gasteiger partial charge on any atom is -0.325 e. The van der Waals surface area contributed by atoms with Crippen LogP contribution in [-0.4, -0.2) is 20.6 Å². The third-order valence-electron chi connectivity index (χ3n) is 2.42. The van der Waals surface area contributed by atoms with Crippen molar-refractivity contribution in [1.29, 1.82) is 0 Å². The minimum absolute atomic E-state index is 0.0752. The van der Waals surface area contributed by atoms with Gasteiger partial charge >= 0.3 is 0 Å². The van der Waals surface area contributed by atoms with Crippen LogP contribution in [0.2, 0.25) is 0 Å². The van der Waals surface area contributed by atoms with Crippen molar-refractivity contribution >= 4 is 27.4 Å². The van der Waals surface area contributed by atoms with E-state index in [2.05, 4.69) is 15.0 Å². The number of hydrogen-bond acceptors (Lipinski definition) is 2. The summed E-state index contributed by atoms with van der Waals surface area (Å²) in [6.45, 7) is 0. The Hall–Kier alpha value is -2.41. The van der Waals surface area contributed by atoms with E-state index in [0.29, 0.717) is 5.69 Å². The van der Waals surface area contributed by atoms with Crippen molar-refractivity contribution in [2.75, 3.05) is 16.9 Å². The third-order valence-corrected chi connectivity index (χ3v) is 2.93. The van der Waals surface area contributed by atoms with Crippen LogP contribution < -0.4 is 10.6 Å². The molecule has 2 rings (SSSR count). The topological polar surface area (TPSA) is 70.6 Å². The fourth-order valence-electron chi connectivity index (χ4n) is 1.59. The summed E-state index contributed by atoms with van der Waals surface area (Å²) in [6.07, 6.45) is 0.961. The molecule has 0 fully saturated rings. The van der Waals surface area contributed by atoms with Gasteiger partial charge in [-0.3, -0.25) is 0 Å². The highest BCUT2D eigenvalue weighted by Crippen LogP contribution is 2.14. The third kappa shape index (κ3) is 4.88. The van der Waals surface area contributed by atoms with Crippen molar-refractivity contribution in [2.24, 2.45) is 4.40 Å². The second-order valence-electron chi connectivity index (χ2n) is 4.27. The summed E-state index contributed by atoms with van der Waals surface area (Å²) in [5, 5.41) is 5.44. The molecule has 0 spiro atoms. The van der Waals surface area contributed by atoms with E-state index < -0.39 is 15.8 Å². The van der Waals surface area contributed by atoms with Gasteiger partial charge in [-0.25, -0.2) is 12.8 Å². The maximum absolute atomic E-state index is 13.6. The molecule has 21 heavy (non-hydrogen) atoms. The molecule has 2 aromatic rings. The molecule has 0 aliphatic rings. The number of rotatable bonds is 3. The predicted molar refractivity (Wildman–Crippen MR) is 82.4 cm³/mol. The van der Waals surface area contributed by atoms with Gasteiger partial charge in [-0.1, -0.05) is 30.3 Å². The lowest BCUT2D eigenvalue weighted by Crippen LogP contribution is -2.24. The van der Waals surface area contributed by atoms with E-state index in [9.17, 15) is 12.8 Å². The van der Waals surface area contributed by atoms with Crippen molar-refractivity contribution in [3.05, 3.63) is 60.4 Å². The number of para-hydroxylation sites is 2. The lowest BCUT2D eigenvalue weighted by molar-refractivity contribution is 0.603. The van der Waals surface area contributed by atoms with E-state index in [1.807, 2.05) is 6.07 Å². The largest absolute Gasteiger partial charge is 0.325 e. The van der Waals surface area contributed by atoms with Gasteiger partial charge < -0.3 is 10.6 Å². The molecule has 5 nitrogen and oxygen atoms in total. The summed E-state index contributed by atoms with van der Waals surface area (Å²) in [5.41, 5.74) is 0.757. The molecule has 0 aliphatic carbocycles. The monoisotopic (exact) mass is 307 g/mol. The highest BCUT2D eigenvalue weighted by atomic mass is 32.2. The number of nitrogens with one attached hydrogen (secondary N) is 2. The van der Waals surface area contributed by atoms with Crippen molar-refractivity contribution < 1.29 is 12.8 Å². The summed E-state index contributed by atoms with van der Waals surface area (Å²) in [5.74, 6) is -0.581. The molecular formula is C14H14FN3O2S. The molecule has 2 N–H and O–H groups in total. The standard InChI is InChI=1S/C14H14FN3O2S/c1-21(19,20)18-14(16-11-7-3-2-4-8-11)17-13-10-6-5-9-12(13)15/h2-10H,1H3,(H2,16,17,18). The second kappa shape index (κ2) is 6.36. The molecule has 0 aromatic heterocycles. The Kier molecular flexibility index (Phi) is 4.54. The molecule has 0 atom stereocenters. The van der Waals surface area contributed by atoms with Gasteiger partial charge in [-0.2, -0.15) is 0 Å². The first kappa shape index (κ1) is 15.0. The number of hydrogen-bond donors (Lipinski definition) is 2. The van der Waals surface area contributed by atoms with E-state index in [1.165, 1.54) is 12.1 Å². The van der Waals surface area contributed by atoms with E-state index in [1.54, 1.807) is 36.4 Å². The van der Waals surface area contributed by atoms with Crippen LogP contribution in [0, 0.1) is 5.82 Å². The smallest absolute Gasteiger partial charge is 0.253 e. The molecule has 110 valence electrons. The van der Waals surface area contributed by atoms with E-state index in [0.717, 1.165) is 6.26 Å². The summed E-state index contributed by atoms with van der Waals surface area (Å²) >= 11 is 0. The molecule has 0 radical (unpaired) electrons.